The van der Waals surface area contributed by atoms with Gasteiger partial charge in [0.2, 0.25) is 0 Å². The quantitative estimate of drug-likeness (QED) is 0.687. The second kappa shape index (κ2) is 7.37. The highest BCUT2D eigenvalue weighted by molar-refractivity contribution is 6.29. The van der Waals surface area contributed by atoms with E-state index in [0.717, 1.165) is 0 Å². The minimum Gasteiger partial charge on any atom is -0.434 e. The second-order valence-electron chi connectivity index (χ2n) is 4.00. The minimum atomic E-state index is -0.795. The monoisotopic (exact) mass is 321 g/mol. The third kappa shape index (κ3) is 4.42. The van der Waals surface area contributed by atoms with Crippen LogP contribution in [0.15, 0.2) is 36.4 Å². The summed E-state index contributed by atoms with van der Waals surface area (Å²) in [6, 6.07) is 9.03. The molecular formula is C14H12ClN3O4. The molecule has 22 heavy (non-hydrogen) atoms. The van der Waals surface area contributed by atoms with Gasteiger partial charge in [0.05, 0.1) is 6.61 Å². The fourth-order valence-electron chi connectivity index (χ4n) is 1.49. The van der Waals surface area contributed by atoms with Gasteiger partial charge >= 0.3 is 6.16 Å². The maximum Gasteiger partial charge on any atom is 0.513 e. The number of rotatable bonds is 4. The molecule has 0 saturated carbocycles. The molecule has 0 spiro atoms. The highest BCUT2D eigenvalue weighted by Gasteiger charge is 2.09. The van der Waals surface area contributed by atoms with Crippen molar-refractivity contribution in [1.82, 2.24) is 10.2 Å². The van der Waals surface area contributed by atoms with Crippen molar-refractivity contribution in [3.63, 3.8) is 0 Å². The number of carbonyl (C=O) groups is 2. The smallest absolute Gasteiger partial charge is 0.434 e. The third-order valence-corrected chi connectivity index (χ3v) is 2.66. The lowest BCUT2D eigenvalue weighted by Crippen LogP contribution is -2.13. The second-order valence-corrected chi connectivity index (χ2v) is 4.39. The molecule has 0 atom stereocenters. The summed E-state index contributed by atoms with van der Waals surface area (Å²) in [6.07, 6.45) is -0.795. The zero-order chi connectivity index (χ0) is 15.9. The van der Waals surface area contributed by atoms with Crippen molar-refractivity contribution in [2.75, 3.05) is 11.9 Å². The lowest BCUT2D eigenvalue weighted by molar-refractivity contribution is 0.102. The minimum absolute atomic E-state index is 0.224. The summed E-state index contributed by atoms with van der Waals surface area (Å²) in [6.45, 7) is 1.90. The molecule has 2 rings (SSSR count). The largest absolute Gasteiger partial charge is 0.513 e. The van der Waals surface area contributed by atoms with E-state index in [-0.39, 0.29) is 29.2 Å². The van der Waals surface area contributed by atoms with Crippen molar-refractivity contribution in [2.45, 2.75) is 6.92 Å². The van der Waals surface area contributed by atoms with E-state index in [2.05, 4.69) is 20.3 Å². The van der Waals surface area contributed by atoms with E-state index in [9.17, 15) is 9.59 Å². The SMILES string of the molecule is CCOC(=O)Oc1ccc(C(=O)Nc2ccc(Cl)nn2)cc1. The molecular weight excluding hydrogens is 310 g/mol. The van der Waals surface area contributed by atoms with Crippen molar-refractivity contribution < 1.29 is 19.1 Å². The molecule has 1 heterocycles. The molecule has 0 unspecified atom stereocenters. The first-order valence-electron chi connectivity index (χ1n) is 6.33. The van der Waals surface area contributed by atoms with Gasteiger partial charge < -0.3 is 14.8 Å². The first kappa shape index (κ1) is 15.7. The lowest BCUT2D eigenvalue weighted by Gasteiger charge is -2.06. The van der Waals surface area contributed by atoms with Gasteiger partial charge in [0.25, 0.3) is 5.91 Å². The van der Waals surface area contributed by atoms with Crippen LogP contribution in [0.25, 0.3) is 0 Å². The summed E-state index contributed by atoms with van der Waals surface area (Å²) in [7, 11) is 0. The molecule has 0 fully saturated rings. The number of benzene rings is 1. The summed E-state index contributed by atoms with van der Waals surface area (Å²) >= 11 is 5.61. The fourth-order valence-corrected chi connectivity index (χ4v) is 1.59. The normalized spacial score (nSPS) is 9.91. The maximum absolute atomic E-state index is 12.0. The average Bonchev–Trinajstić information content (AvgIpc) is 2.50. The molecule has 8 heteroatoms. The Hall–Kier alpha value is -2.67. The average molecular weight is 322 g/mol. The molecule has 0 bridgehead atoms. The van der Waals surface area contributed by atoms with Gasteiger partial charge in [-0.2, -0.15) is 0 Å². The van der Waals surface area contributed by atoms with Crippen molar-refractivity contribution in [3.05, 3.63) is 47.1 Å². The van der Waals surface area contributed by atoms with Crippen LogP contribution in [0.5, 0.6) is 5.75 Å². The lowest BCUT2D eigenvalue weighted by atomic mass is 10.2. The molecule has 114 valence electrons. The zero-order valence-electron chi connectivity index (χ0n) is 11.6. The van der Waals surface area contributed by atoms with Crippen LogP contribution in [0.1, 0.15) is 17.3 Å². The van der Waals surface area contributed by atoms with Crippen LogP contribution in [0.3, 0.4) is 0 Å². The molecule has 0 aliphatic heterocycles. The number of anilines is 1. The van der Waals surface area contributed by atoms with Crippen LogP contribution >= 0.6 is 11.6 Å². The van der Waals surface area contributed by atoms with Crippen LogP contribution < -0.4 is 10.1 Å². The highest BCUT2D eigenvalue weighted by Crippen LogP contribution is 2.14. The summed E-state index contributed by atoms with van der Waals surface area (Å²) in [5, 5.41) is 10.1. The number of aromatic nitrogens is 2. The number of carbonyl (C=O) groups excluding carboxylic acids is 2. The molecule has 1 amide bonds. The standard InChI is InChI=1S/C14H12ClN3O4/c1-2-21-14(20)22-10-5-3-9(4-6-10)13(19)16-12-8-7-11(15)17-18-12/h3-8H,2H2,1H3,(H,16,18,19). The Bertz CT molecular complexity index is 659. The van der Waals surface area contributed by atoms with Gasteiger partial charge in [-0.3, -0.25) is 4.79 Å². The number of ether oxygens (including phenoxy) is 2. The fraction of sp³-hybridized carbons (Fsp3) is 0.143. The van der Waals surface area contributed by atoms with Crippen LogP contribution in [0, 0.1) is 0 Å². The van der Waals surface area contributed by atoms with Crippen LogP contribution in [-0.2, 0) is 4.74 Å². The topological polar surface area (TPSA) is 90.4 Å². The number of hydrogen-bond acceptors (Lipinski definition) is 6. The van der Waals surface area contributed by atoms with Gasteiger partial charge in [-0.25, -0.2) is 4.79 Å². The molecule has 1 aromatic heterocycles. The number of amides is 1. The van der Waals surface area contributed by atoms with E-state index in [1.807, 2.05) is 0 Å². The Morgan fingerprint density at radius 1 is 1.14 bits per heavy atom. The van der Waals surface area contributed by atoms with Crippen molar-refractivity contribution in [1.29, 1.82) is 0 Å². The van der Waals surface area contributed by atoms with E-state index in [0.29, 0.717) is 5.56 Å². The van der Waals surface area contributed by atoms with Gasteiger partial charge in [-0.15, -0.1) is 10.2 Å². The van der Waals surface area contributed by atoms with E-state index >= 15 is 0 Å². The molecule has 0 aliphatic rings. The molecule has 1 N–H and O–H groups in total. The third-order valence-electron chi connectivity index (χ3n) is 2.45. The maximum atomic E-state index is 12.0. The van der Waals surface area contributed by atoms with Crippen LogP contribution in [-0.4, -0.2) is 28.9 Å². The summed E-state index contributed by atoms with van der Waals surface area (Å²) in [5.74, 6) is 0.182. The molecule has 2 aromatic rings. The van der Waals surface area contributed by atoms with E-state index in [4.69, 9.17) is 16.3 Å². The van der Waals surface area contributed by atoms with Crippen LogP contribution in [0.2, 0.25) is 5.15 Å². The van der Waals surface area contributed by atoms with Crippen LogP contribution in [0.4, 0.5) is 10.6 Å². The van der Waals surface area contributed by atoms with E-state index in [1.54, 1.807) is 6.92 Å². The van der Waals surface area contributed by atoms with Crippen molar-refractivity contribution >= 4 is 29.5 Å². The summed E-state index contributed by atoms with van der Waals surface area (Å²) in [4.78, 5) is 23.1. The predicted octanol–water partition coefficient (Wildman–Crippen LogP) is 2.92. The van der Waals surface area contributed by atoms with Gasteiger partial charge in [0.15, 0.2) is 11.0 Å². The van der Waals surface area contributed by atoms with Gasteiger partial charge in [0, 0.05) is 5.56 Å². The van der Waals surface area contributed by atoms with E-state index < -0.39 is 6.16 Å². The van der Waals surface area contributed by atoms with Gasteiger partial charge in [-0.05, 0) is 43.3 Å². The first-order chi connectivity index (χ1) is 10.6. The molecule has 1 aromatic carbocycles. The first-order valence-corrected chi connectivity index (χ1v) is 6.71. The Morgan fingerprint density at radius 3 is 2.45 bits per heavy atom. The van der Waals surface area contributed by atoms with Gasteiger partial charge in [-0.1, -0.05) is 11.6 Å². The summed E-state index contributed by atoms with van der Waals surface area (Å²) < 4.78 is 9.54. The molecule has 0 saturated heterocycles. The number of nitrogens with zero attached hydrogens (tertiary/aromatic N) is 2. The number of halogens is 1. The number of hydrogen-bond donors (Lipinski definition) is 1. The molecule has 0 aliphatic carbocycles. The predicted molar refractivity (Wildman–Crippen MR) is 79.1 cm³/mol. The highest BCUT2D eigenvalue weighted by atomic mass is 35.5. The van der Waals surface area contributed by atoms with Crippen molar-refractivity contribution in [3.8, 4) is 5.75 Å². The Morgan fingerprint density at radius 2 is 1.86 bits per heavy atom. The van der Waals surface area contributed by atoms with Gasteiger partial charge in [0.1, 0.15) is 5.75 Å². The molecule has 7 nitrogen and oxygen atoms in total. The number of nitrogens with one attached hydrogen (secondary N) is 1. The Balaban J connectivity index is 1.98. The summed E-state index contributed by atoms with van der Waals surface area (Å²) in [5.41, 5.74) is 0.368. The van der Waals surface area contributed by atoms with E-state index in [1.165, 1.54) is 36.4 Å². The Kier molecular flexibility index (Phi) is 5.26. The zero-order valence-corrected chi connectivity index (χ0v) is 12.3. The molecule has 0 radical (unpaired) electrons. The van der Waals surface area contributed by atoms with Crippen molar-refractivity contribution in [2.24, 2.45) is 0 Å². The Labute approximate surface area is 131 Å².